The highest BCUT2D eigenvalue weighted by Gasteiger charge is 2.32. The topological polar surface area (TPSA) is 88.1 Å². The molecule has 142 valence electrons. The Bertz CT molecular complexity index is 1000. The number of nitrogens with one attached hydrogen (secondary N) is 1. The van der Waals surface area contributed by atoms with Crippen LogP contribution >= 0.6 is 0 Å². The van der Waals surface area contributed by atoms with E-state index in [4.69, 9.17) is 4.74 Å². The van der Waals surface area contributed by atoms with Gasteiger partial charge in [0.1, 0.15) is 5.75 Å². The molecule has 0 saturated carbocycles. The Hall–Kier alpha value is -2.87. The summed E-state index contributed by atoms with van der Waals surface area (Å²) in [6, 6.07) is 14.2. The summed E-state index contributed by atoms with van der Waals surface area (Å²) in [5.41, 5.74) is 2.63. The van der Waals surface area contributed by atoms with Crippen molar-refractivity contribution in [3.8, 4) is 5.75 Å². The summed E-state index contributed by atoms with van der Waals surface area (Å²) in [6.07, 6.45) is 1.57. The normalized spacial score (nSPS) is 16.8. The van der Waals surface area contributed by atoms with Crippen molar-refractivity contribution >= 4 is 27.3 Å². The average Bonchev–Trinajstić information content (AvgIpc) is 3.06. The Kier molecular flexibility index (Phi) is 5.18. The zero-order valence-corrected chi connectivity index (χ0v) is 16.2. The van der Waals surface area contributed by atoms with Gasteiger partial charge >= 0.3 is 0 Å². The predicted octanol–water partition coefficient (Wildman–Crippen LogP) is 2.76. The van der Waals surface area contributed by atoms with E-state index in [9.17, 15) is 13.2 Å². The summed E-state index contributed by atoms with van der Waals surface area (Å²) >= 11 is 0. The minimum absolute atomic E-state index is 0.189. The van der Waals surface area contributed by atoms with E-state index >= 15 is 0 Å². The minimum atomic E-state index is -3.44. The molecule has 27 heavy (non-hydrogen) atoms. The fourth-order valence-corrected chi connectivity index (χ4v) is 3.67. The second-order valence-electron chi connectivity index (χ2n) is 6.33. The van der Waals surface area contributed by atoms with Crippen LogP contribution in [0, 0.1) is 0 Å². The Morgan fingerprint density at radius 2 is 1.96 bits per heavy atom. The third kappa shape index (κ3) is 4.28. The van der Waals surface area contributed by atoms with Gasteiger partial charge in [0.25, 0.3) is 0 Å². The van der Waals surface area contributed by atoms with E-state index < -0.39 is 10.0 Å². The number of sulfonamides is 1. The van der Waals surface area contributed by atoms with Crippen molar-refractivity contribution in [1.82, 2.24) is 5.01 Å². The number of benzene rings is 2. The quantitative estimate of drug-likeness (QED) is 0.854. The van der Waals surface area contributed by atoms with Crippen LogP contribution in [0.5, 0.6) is 5.75 Å². The summed E-state index contributed by atoms with van der Waals surface area (Å²) < 4.78 is 31.1. The molecule has 0 saturated heterocycles. The van der Waals surface area contributed by atoms with Gasteiger partial charge in [0.15, 0.2) is 0 Å². The van der Waals surface area contributed by atoms with Crippen LogP contribution in [0.1, 0.15) is 30.5 Å². The second kappa shape index (κ2) is 7.40. The van der Waals surface area contributed by atoms with Crippen molar-refractivity contribution in [3.05, 3.63) is 59.7 Å². The van der Waals surface area contributed by atoms with Crippen LogP contribution in [0.4, 0.5) is 5.69 Å². The number of para-hydroxylation sites is 1. The molecule has 0 bridgehead atoms. The smallest absolute Gasteiger partial charge is 0.240 e. The van der Waals surface area contributed by atoms with Crippen LogP contribution in [0.3, 0.4) is 0 Å². The maximum Gasteiger partial charge on any atom is 0.240 e. The predicted molar refractivity (Wildman–Crippen MR) is 104 cm³/mol. The molecule has 0 aliphatic carbocycles. The molecule has 1 aliphatic heterocycles. The first kappa shape index (κ1) is 18.9. The lowest BCUT2D eigenvalue weighted by molar-refractivity contribution is -0.130. The van der Waals surface area contributed by atoms with Gasteiger partial charge < -0.3 is 4.74 Å². The van der Waals surface area contributed by atoms with E-state index in [0.717, 1.165) is 11.8 Å². The van der Waals surface area contributed by atoms with Gasteiger partial charge in [0, 0.05) is 18.9 Å². The summed E-state index contributed by atoms with van der Waals surface area (Å²) in [4.78, 5) is 12.2. The van der Waals surface area contributed by atoms with Crippen LogP contribution in [0.2, 0.25) is 0 Å². The summed E-state index contributed by atoms with van der Waals surface area (Å²) in [5.74, 6) is 0.509. The van der Waals surface area contributed by atoms with Crippen molar-refractivity contribution in [1.29, 1.82) is 0 Å². The monoisotopic (exact) mass is 387 g/mol. The van der Waals surface area contributed by atoms with Gasteiger partial charge in [-0.2, -0.15) is 5.10 Å². The van der Waals surface area contributed by atoms with Gasteiger partial charge in [-0.05, 0) is 23.8 Å². The van der Waals surface area contributed by atoms with Gasteiger partial charge in [-0.3, -0.25) is 9.52 Å². The molecule has 0 radical (unpaired) electrons. The Morgan fingerprint density at radius 3 is 2.63 bits per heavy atom. The number of carbonyl (C=O) groups excluding carboxylic acids is 1. The number of amides is 1. The fourth-order valence-electron chi connectivity index (χ4n) is 3.10. The lowest BCUT2D eigenvalue weighted by Crippen LogP contribution is -2.24. The number of hydrazone groups is 1. The van der Waals surface area contributed by atoms with Crippen molar-refractivity contribution in [2.45, 2.75) is 19.4 Å². The molecule has 0 unspecified atom stereocenters. The number of ether oxygens (including phenoxy) is 1. The highest BCUT2D eigenvalue weighted by molar-refractivity contribution is 7.92. The SMILES string of the molecule is COc1cccc([C@H]2CC(c3ccccc3NS(C)(=O)=O)=NN2C(C)=O)c1. The first-order valence-corrected chi connectivity index (χ1v) is 10.3. The van der Waals surface area contributed by atoms with E-state index in [1.807, 2.05) is 30.3 Å². The van der Waals surface area contributed by atoms with Gasteiger partial charge in [0.05, 0.1) is 30.8 Å². The van der Waals surface area contributed by atoms with Crippen molar-refractivity contribution in [2.75, 3.05) is 18.1 Å². The van der Waals surface area contributed by atoms with Crippen molar-refractivity contribution < 1.29 is 17.9 Å². The number of anilines is 1. The number of hydrogen-bond acceptors (Lipinski definition) is 5. The van der Waals surface area contributed by atoms with Crippen LogP contribution < -0.4 is 9.46 Å². The highest BCUT2D eigenvalue weighted by atomic mass is 32.2. The molecule has 0 spiro atoms. The molecule has 7 nitrogen and oxygen atoms in total. The number of carbonyl (C=O) groups is 1. The number of hydrogen-bond donors (Lipinski definition) is 1. The molecule has 1 N–H and O–H groups in total. The van der Waals surface area contributed by atoms with Crippen molar-refractivity contribution in [2.24, 2.45) is 5.10 Å². The van der Waals surface area contributed by atoms with Gasteiger partial charge in [-0.1, -0.05) is 30.3 Å². The maximum absolute atomic E-state index is 12.2. The van der Waals surface area contributed by atoms with Crippen LogP contribution in [0.25, 0.3) is 0 Å². The largest absolute Gasteiger partial charge is 0.497 e. The molecule has 2 aromatic rings. The fraction of sp³-hybridized carbons (Fsp3) is 0.263. The van der Waals surface area contributed by atoms with E-state index in [1.54, 1.807) is 25.3 Å². The first-order valence-electron chi connectivity index (χ1n) is 8.37. The Morgan fingerprint density at radius 1 is 1.22 bits per heavy atom. The molecule has 1 heterocycles. The van der Waals surface area contributed by atoms with E-state index in [-0.39, 0.29) is 11.9 Å². The molecule has 0 aromatic heterocycles. The molecular formula is C19H21N3O4S. The lowest BCUT2D eigenvalue weighted by Gasteiger charge is -2.20. The molecule has 1 aliphatic rings. The number of nitrogens with zero attached hydrogens (tertiary/aromatic N) is 2. The number of methoxy groups -OCH3 is 1. The van der Waals surface area contributed by atoms with Gasteiger partial charge in [-0.15, -0.1) is 0 Å². The third-order valence-corrected chi connectivity index (χ3v) is 4.84. The van der Waals surface area contributed by atoms with Crippen LogP contribution in [-0.4, -0.2) is 38.4 Å². The molecule has 8 heteroatoms. The van der Waals surface area contributed by atoms with E-state index in [1.165, 1.54) is 11.9 Å². The third-order valence-electron chi connectivity index (χ3n) is 4.24. The number of rotatable bonds is 5. The lowest BCUT2D eigenvalue weighted by atomic mass is 9.97. The van der Waals surface area contributed by atoms with E-state index in [2.05, 4.69) is 9.82 Å². The van der Waals surface area contributed by atoms with Crippen LogP contribution in [-0.2, 0) is 14.8 Å². The zero-order valence-electron chi connectivity index (χ0n) is 15.3. The zero-order chi connectivity index (χ0) is 19.6. The molecular weight excluding hydrogens is 366 g/mol. The molecule has 3 rings (SSSR count). The molecule has 1 atom stereocenters. The summed E-state index contributed by atoms with van der Waals surface area (Å²) in [6.45, 7) is 1.46. The van der Waals surface area contributed by atoms with E-state index in [0.29, 0.717) is 29.1 Å². The Balaban J connectivity index is 1.99. The molecule has 0 fully saturated rings. The van der Waals surface area contributed by atoms with Crippen molar-refractivity contribution in [3.63, 3.8) is 0 Å². The molecule has 1 amide bonds. The standard InChI is InChI=1S/C19H21N3O4S/c1-13(23)22-19(14-7-6-8-15(11-14)26-2)12-18(20-22)16-9-4-5-10-17(16)21-27(3,24)25/h4-11,19,21H,12H2,1-3H3/t19-/m1/s1. The summed E-state index contributed by atoms with van der Waals surface area (Å²) in [5, 5.41) is 5.92. The van der Waals surface area contributed by atoms with Gasteiger partial charge in [0.2, 0.25) is 15.9 Å². The maximum atomic E-state index is 12.2. The Labute approximate surface area is 158 Å². The second-order valence-corrected chi connectivity index (χ2v) is 8.08. The average molecular weight is 387 g/mol. The van der Waals surface area contributed by atoms with Crippen LogP contribution in [0.15, 0.2) is 53.6 Å². The summed E-state index contributed by atoms with van der Waals surface area (Å²) in [7, 11) is -1.85. The highest BCUT2D eigenvalue weighted by Crippen LogP contribution is 2.35. The van der Waals surface area contributed by atoms with Gasteiger partial charge in [-0.25, -0.2) is 13.4 Å². The minimum Gasteiger partial charge on any atom is -0.497 e. The first-order chi connectivity index (χ1) is 12.8. The molecule has 2 aromatic carbocycles.